The average Bonchev–Trinajstić information content (AvgIpc) is 2.31. The van der Waals surface area contributed by atoms with Crippen LogP contribution in [0.3, 0.4) is 0 Å². The quantitative estimate of drug-likeness (QED) is 0.537. The molecule has 0 fully saturated rings. The van der Waals surface area contributed by atoms with Gasteiger partial charge in [-0.2, -0.15) is 0 Å². The van der Waals surface area contributed by atoms with E-state index in [4.69, 9.17) is 15.0 Å². The first kappa shape index (κ1) is 15.6. The zero-order chi connectivity index (χ0) is 13.8. The van der Waals surface area contributed by atoms with Gasteiger partial charge in [-0.3, -0.25) is 0 Å². The van der Waals surface area contributed by atoms with Crippen molar-refractivity contribution in [2.45, 2.75) is 0 Å². The summed E-state index contributed by atoms with van der Waals surface area (Å²) in [7, 11) is 4.00. The largest absolute Gasteiger partial charge is 0.652 e. The molecule has 0 radical (unpaired) electrons. The zero-order valence-electron chi connectivity index (χ0n) is 10.4. The fraction of sp³-hybridized carbons (Fsp3) is 0.154. The van der Waals surface area contributed by atoms with Gasteiger partial charge in [0.25, 0.3) is 0 Å². The molecule has 0 saturated heterocycles. The molecule has 0 N–H and O–H groups in total. The van der Waals surface area contributed by atoms with Crippen molar-refractivity contribution in [2.24, 2.45) is 14.1 Å². The van der Waals surface area contributed by atoms with Gasteiger partial charge in [0, 0.05) is 24.3 Å². The van der Waals surface area contributed by atoms with E-state index >= 15 is 0 Å². The maximum atomic E-state index is 8.33. The van der Waals surface area contributed by atoms with Crippen LogP contribution < -0.4 is 19.3 Å². The van der Waals surface area contributed by atoms with Crippen molar-refractivity contribution >= 4 is 6.16 Å². The molecule has 2 aromatic heterocycles. The first-order valence-corrected chi connectivity index (χ1v) is 5.21. The maximum Gasteiger partial charge on any atom is 0.168 e. The van der Waals surface area contributed by atoms with Crippen molar-refractivity contribution in [2.75, 3.05) is 0 Å². The van der Waals surface area contributed by atoms with Gasteiger partial charge >= 0.3 is 0 Å². The second-order valence-corrected chi connectivity index (χ2v) is 3.33. The van der Waals surface area contributed by atoms with Gasteiger partial charge in [0.05, 0.1) is 0 Å². The van der Waals surface area contributed by atoms with Crippen LogP contribution in [0.15, 0.2) is 61.2 Å². The van der Waals surface area contributed by atoms with Crippen molar-refractivity contribution in [1.82, 2.24) is 0 Å². The highest BCUT2D eigenvalue weighted by Gasteiger charge is 1.79. The van der Waals surface area contributed by atoms with Crippen molar-refractivity contribution in [3.8, 4) is 0 Å². The number of pyridine rings is 2. The summed E-state index contributed by atoms with van der Waals surface area (Å²) in [6.07, 6.45) is 5.67. The molecule has 0 amide bonds. The number of hydrogen-bond acceptors (Lipinski definition) is 3. The van der Waals surface area contributed by atoms with E-state index in [1.807, 2.05) is 84.4 Å². The Kier molecular flexibility index (Phi) is 8.45. The van der Waals surface area contributed by atoms with Crippen LogP contribution in [0.1, 0.15) is 0 Å². The lowest BCUT2D eigenvalue weighted by molar-refractivity contribution is -0.671. The highest BCUT2D eigenvalue weighted by atomic mass is 16.6. The second-order valence-electron chi connectivity index (χ2n) is 3.33. The molecule has 0 aromatic carbocycles. The minimum Gasteiger partial charge on any atom is -0.652 e. The van der Waals surface area contributed by atoms with E-state index < -0.39 is 6.16 Å². The summed E-state index contributed by atoms with van der Waals surface area (Å²) < 4.78 is 4.00. The molecule has 5 nitrogen and oxygen atoms in total. The van der Waals surface area contributed by atoms with Crippen LogP contribution in [-0.4, -0.2) is 6.16 Å². The van der Waals surface area contributed by atoms with Gasteiger partial charge in [0.1, 0.15) is 14.1 Å². The third kappa shape index (κ3) is 11.6. The Labute approximate surface area is 106 Å². The Morgan fingerprint density at radius 2 is 0.944 bits per heavy atom. The molecular formula is C13H16N2O3. The first-order chi connectivity index (χ1) is 8.52. The van der Waals surface area contributed by atoms with Gasteiger partial charge in [-0.1, -0.05) is 12.1 Å². The predicted molar refractivity (Wildman–Crippen MR) is 60.6 cm³/mol. The third-order valence-electron chi connectivity index (χ3n) is 1.73. The summed E-state index contributed by atoms with van der Waals surface area (Å²) in [5.74, 6) is 0. The topological polar surface area (TPSA) is 71.0 Å². The molecule has 0 unspecified atom stereocenters. The van der Waals surface area contributed by atoms with E-state index in [1.54, 1.807) is 0 Å². The van der Waals surface area contributed by atoms with Gasteiger partial charge in [-0.05, 0) is 6.16 Å². The van der Waals surface area contributed by atoms with E-state index in [2.05, 4.69) is 0 Å². The predicted octanol–water partition coefficient (Wildman–Crippen LogP) is -1.42. The summed E-state index contributed by atoms with van der Waals surface area (Å²) in [5, 5.41) is 16.7. The Morgan fingerprint density at radius 1 is 0.722 bits per heavy atom. The molecule has 0 atom stereocenters. The fourth-order valence-corrected chi connectivity index (χ4v) is 0.969. The normalized spacial score (nSPS) is 8.11. The Hall–Kier alpha value is -2.43. The van der Waals surface area contributed by atoms with E-state index in [0.717, 1.165) is 0 Å². The number of carbonyl (C=O) groups is 1. The van der Waals surface area contributed by atoms with E-state index in [-0.39, 0.29) is 0 Å². The molecule has 2 heterocycles. The van der Waals surface area contributed by atoms with Gasteiger partial charge in [0.2, 0.25) is 0 Å². The molecule has 0 bridgehead atoms. The summed E-state index contributed by atoms with van der Waals surface area (Å²) in [5.41, 5.74) is 0. The summed E-state index contributed by atoms with van der Waals surface area (Å²) >= 11 is 0. The third-order valence-corrected chi connectivity index (χ3v) is 1.73. The van der Waals surface area contributed by atoms with Gasteiger partial charge < -0.3 is 15.0 Å². The lowest BCUT2D eigenvalue weighted by Gasteiger charge is -1.96. The zero-order valence-corrected chi connectivity index (χ0v) is 10.4. The number of hydrogen-bond donors (Lipinski definition) is 0. The molecule has 0 aliphatic carbocycles. The summed E-state index contributed by atoms with van der Waals surface area (Å²) in [6.45, 7) is 0. The maximum absolute atomic E-state index is 8.33. The number of nitrogens with zero attached hydrogens (tertiary/aromatic N) is 2. The smallest absolute Gasteiger partial charge is 0.168 e. The van der Waals surface area contributed by atoms with E-state index in [0.29, 0.717) is 0 Å². The molecule has 0 aliphatic rings. The highest BCUT2D eigenvalue weighted by Crippen LogP contribution is 1.72. The van der Waals surface area contributed by atoms with Gasteiger partial charge in [0.15, 0.2) is 24.8 Å². The number of carboxylic acid groups (broad SMARTS) is 2. The van der Waals surface area contributed by atoms with Crippen molar-refractivity contribution in [3.63, 3.8) is 0 Å². The Balaban J connectivity index is 0.000000253. The van der Waals surface area contributed by atoms with Crippen LogP contribution in [0.2, 0.25) is 0 Å². The highest BCUT2D eigenvalue weighted by molar-refractivity contribution is 5.47. The lowest BCUT2D eigenvalue weighted by Crippen LogP contribution is -2.37. The van der Waals surface area contributed by atoms with Crippen molar-refractivity contribution < 1.29 is 24.1 Å². The summed E-state index contributed by atoms with van der Waals surface area (Å²) in [6, 6.07) is 12.0. The van der Waals surface area contributed by atoms with Crippen molar-refractivity contribution in [1.29, 1.82) is 0 Å². The SMILES string of the molecule is C[n+]1ccccc1.C[n+]1ccccc1.O=C([O-])[O-]. The molecule has 5 heteroatoms. The molecule has 96 valence electrons. The number of aromatic nitrogens is 2. The molecule has 2 rings (SSSR count). The molecule has 18 heavy (non-hydrogen) atoms. The second kappa shape index (κ2) is 9.77. The van der Waals surface area contributed by atoms with Crippen LogP contribution in [0.25, 0.3) is 0 Å². The van der Waals surface area contributed by atoms with Crippen LogP contribution in [0, 0.1) is 0 Å². The van der Waals surface area contributed by atoms with Crippen molar-refractivity contribution in [3.05, 3.63) is 61.2 Å². The number of carbonyl (C=O) groups excluding carboxylic acids is 1. The first-order valence-electron chi connectivity index (χ1n) is 5.21. The summed E-state index contributed by atoms with van der Waals surface area (Å²) in [4.78, 5) is 8.33. The molecule has 0 aliphatic heterocycles. The molecule has 2 aromatic rings. The number of rotatable bonds is 0. The average molecular weight is 248 g/mol. The van der Waals surface area contributed by atoms with Crippen LogP contribution in [0.5, 0.6) is 0 Å². The van der Waals surface area contributed by atoms with Crippen LogP contribution in [0.4, 0.5) is 4.79 Å². The van der Waals surface area contributed by atoms with Crippen LogP contribution >= 0.6 is 0 Å². The monoisotopic (exact) mass is 248 g/mol. The minimum absolute atomic E-state index is 2.00. The Bertz CT molecular complexity index is 391. The van der Waals surface area contributed by atoms with Gasteiger partial charge in [-0.25, -0.2) is 9.13 Å². The fourth-order valence-electron chi connectivity index (χ4n) is 0.969. The van der Waals surface area contributed by atoms with Crippen LogP contribution in [-0.2, 0) is 14.1 Å². The molecule has 0 spiro atoms. The number of aryl methyl sites for hydroxylation is 2. The van der Waals surface area contributed by atoms with E-state index in [1.165, 1.54) is 0 Å². The molecule has 0 saturated carbocycles. The Morgan fingerprint density at radius 3 is 1.06 bits per heavy atom. The van der Waals surface area contributed by atoms with Gasteiger partial charge in [-0.15, -0.1) is 0 Å². The molecular weight excluding hydrogens is 232 g/mol. The lowest BCUT2D eigenvalue weighted by atomic mass is 10.5. The minimum atomic E-state index is -2.33. The van der Waals surface area contributed by atoms with E-state index in [9.17, 15) is 0 Å². The standard InChI is InChI=1S/2C6H8N.CH2O3/c2*1-7-5-3-2-4-6-7;2-1(3)4/h2*2-6H,1H3;(H2,2,3,4)/q2*+1;/p-2.